The molecule has 0 fully saturated rings. The molecule has 2 atom stereocenters. The van der Waals surface area contributed by atoms with Crippen molar-refractivity contribution >= 4 is 24.0 Å². The molecule has 4 nitrogen and oxygen atoms in total. The number of halogens is 4. The highest BCUT2D eigenvalue weighted by atomic mass is 35.5. The molecule has 1 aromatic carbocycles. The zero-order valence-corrected chi connectivity index (χ0v) is 14.1. The molecule has 0 aromatic heterocycles. The molecule has 8 heteroatoms. The molecule has 0 radical (unpaired) electrons. The topological polar surface area (TPSA) is 64.4 Å². The Morgan fingerprint density at radius 2 is 2.00 bits per heavy atom. The van der Waals surface area contributed by atoms with Crippen molar-refractivity contribution in [3.05, 3.63) is 23.8 Å². The molecular formula is C15H22ClF3N2O2. The van der Waals surface area contributed by atoms with E-state index in [0.717, 1.165) is 6.42 Å². The number of hydrogen-bond donors (Lipinski definition) is 2. The first-order chi connectivity index (χ1) is 10.2. The number of ether oxygens (including phenoxy) is 1. The van der Waals surface area contributed by atoms with Crippen LogP contribution >= 0.6 is 12.4 Å². The molecule has 0 bridgehead atoms. The van der Waals surface area contributed by atoms with Gasteiger partial charge in [0, 0.05) is 11.3 Å². The zero-order valence-electron chi connectivity index (χ0n) is 13.2. The summed E-state index contributed by atoms with van der Waals surface area (Å²) in [6.07, 6.45) is -3.66. The first-order valence-electron chi connectivity index (χ1n) is 7.01. The molecule has 3 N–H and O–H groups in total. The van der Waals surface area contributed by atoms with Crippen LogP contribution in [-0.4, -0.2) is 24.7 Å². The van der Waals surface area contributed by atoms with Crippen molar-refractivity contribution in [1.82, 2.24) is 0 Å². The lowest BCUT2D eigenvalue weighted by Gasteiger charge is -2.19. The van der Waals surface area contributed by atoms with Crippen LogP contribution < -0.4 is 15.8 Å². The van der Waals surface area contributed by atoms with E-state index >= 15 is 0 Å². The molecule has 0 saturated carbocycles. The number of hydrogen-bond acceptors (Lipinski definition) is 3. The van der Waals surface area contributed by atoms with Gasteiger partial charge in [-0.2, -0.15) is 13.2 Å². The van der Waals surface area contributed by atoms with Gasteiger partial charge in [-0.3, -0.25) is 4.79 Å². The first kappa shape index (κ1) is 21.5. The summed E-state index contributed by atoms with van der Waals surface area (Å²) in [6, 6.07) is 3.86. The molecule has 1 amide bonds. The molecule has 2 unspecified atom stereocenters. The summed E-state index contributed by atoms with van der Waals surface area (Å²) in [5.41, 5.74) is 6.65. The molecule has 0 heterocycles. The minimum absolute atomic E-state index is 0. The Bertz CT molecular complexity index is 524. The number of nitrogens with two attached hydrogens (primary N) is 1. The Hall–Kier alpha value is -1.47. The predicted molar refractivity (Wildman–Crippen MR) is 86.0 cm³/mol. The van der Waals surface area contributed by atoms with Crippen LogP contribution in [0, 0.1) is 12.8 Å². The molecule has 0 saturated heterocycles. The lowest BCUT2D eigenvalue weighted by molar-refractivity contribution is -0.153. The summed E-state index contributed by atoms with van der Waals surface area (Å²) < 4.78 is 41.4. The highest BCUT2D eigenvalue weighted by molar-refractivity contribution is 5.95. The summed E-state index contributed by atoms with van der Waals surface area (Å²) in [4.78, 5) is 12.0. The Labute approximate surface area is 140 Å². The van der Waals surface area contributed by atoms with E-state index in [-0.39, 0.29) is 30.0 Å². The van der Waals surface area contributed by atoms with Crippen LogP contribution in [0.25, 0.3) is 0 Å². The van der Waals surface area contributed by atoms with Crippen molar-refractivity contribution in [1.29, 1.82) is 0 Å². The van der Waals surface area contributed by atoms with Crippen LogP contribution in [0.1, 0.15) is 25.8 Å². The van der Waals surface area contributed by atoms with E-state index in [2.05, 4.69) is 5.32 Å². The van der Waals surface area contributed by atoms with Gasteiger partial charge >= 0.3 is 6.18 Å². The van der Waals surface area contributed by atoms with Gasteiger partial charge in [-0.1, -0.05) is 26.3 Å². The molecule has 0 aliphatic rings. The first-order valence-corrected chi connectivity index (χ1v) is 7.01. The van der Waals surface area contributed by atoms with Gasteiger partial charge in [0.15, 0.2) is 6.61 Å². The number of alkyl halides is 3. The summed E-state index contributed by atoms with van der Waals surface area (Å²) in [5, 5.41) is 2.64. The van der Waals surface area contributed by atoms with Gasteiger partial charge in [-0.25, -0.2) is 0 Å². The minimum atomic E-state index is -4.41. The highest BCUT2D eigenvalue weighted by Gasteiger charge is 2.29. The summed E-state index contributed by atoms with van der Waals surface area (Å²) in [7, 11) is 0. The standard InChI is InChI=1S/C15H21F3N2O2.ClH/c1-4-9(2)13(19)14(21)20-11-6-5-7-12(10(11)3)22-8-15(16,17)18;/h5-7,9,13H,4,8,19H2,1-3H3,(H,20,21);1H. The normalized spacial score (nSPS) is 13.7. The Balaban J connectivity index is 0.00000484. The lowest BCUT2D eigenvalue weighted by atomic mass is 9.99. The number of carbonyl (C=O) groups is 1. The summed E-state index contributed by atoms with van der Waals surface area (Å²) >= 11 is 0. The van der Waals surface area contributed by atoms with Crippen molar-refractivity contribution < 1.29 is 22.7 Å². The molecule has 23 heavy (non-hydrogen) atoms. The maximum Gasteiger partial charge on any atom is 0.422 e. The Morgan fingerprint density at radius 1 is 1.39 bits per heavy atom. The minimum Gasteiger partial charge on any atom is -0.484 e. The second kappa shape index (κ2) is 8.98. The zero-order chi connectivity index (χ0) is 16.9. The van der Waals surface area contributed by atoms with E-state index < -0.39 is 18.8 Å². The van der Waals surface area contributed by atoms with Crippen LogP contribution in [0.5, 0.6) is 5.75 Å². The third kappa shape index (κ3) is 6.66. The predicted octanol–water partition coefficient (Wildman–Crippen LogP) is 3.67. The van der Waals surface area contributed by atoms with Crippen LogP contribution in [-0.2, 0) is 4.79 Å². The third-order valence-corrected chi connectivity index (χ3v) is 3.49. The van der Waals surface area contributed by atoms with Crippen LogP contribution in [0.3, 0.4) is 0 Å². The number of carbonyl (C=O) groups excluding carboxylic acids is 1. The Kier molecular flexibility index (Phi) is 8.41. The smallest absolute Gasteiger partial charge is 0.422 e. The maximum absolute atomic E-state index is 12.2. The van der Waals surface area contributed by atoms with Crippen molar-refractivity contribution in [2.75, 3.05) is 11.9 Å². The number of nitrogens with one attached hydrogen (secondary N) is 1. The summed E-state index contributed by atoms with van der Waals surface area (Å²) in [6.45, 7) is 3.99. The largest absolute Gasteiger partial charge is 0.484 e. The van der Waals surface area contributed by atoms with Gasteiger partial charge < -0.3 is 15.8 Å². The van der Waals surface area contributed by atoms with E-state index in [4.69, 9.17) is 10.5 Å². The fraction of sp³-hybridized carbons (Fsp3) is 0.533. The second-order valence-corrected chi connectivity index (χ2v) is 5.23. The van der Waals surface area contributed by atoms with Crippen LogP contribution in [0.15, 0.2) is 18.2 Å². The fourth-order valence-corrected chi connectivity index (χ4v) is 1.79. The van der Waals surface area contributed by atoms with E-state index in [0.29, 0.717) is 11.3 Å². The van der Waals surface area contributed by atoms with E-state index in [1.54, 1.807) is 13.0 Å². The third-order valence-electron chi connectivity index (χ3n) is 3.49. The molecule has 132 valence electrons. The molecule has 0 spiro atoms. The van der Waals surface area contributed by atoms with Crippen molar-refractivity contribution in [3.8, 4) is 5.75 Å². The van der Waals surface area contributed by atoms with Crippen molar-refractivity contribution in [2.45, 2.75) is 39.4 Å². The van der Waals surface area contributed by atoms with Gasteiger partial charge in [-0.15, -0.1) is 12.4 Å². The number of benzene rings is 1. The lowest BCUT2D eigenvalue weighted by Crippen LogP contribution is -2.40. The number of rotatable bonds is 6. The van der Waals surface area contributed by atoms with Crippen LogP contribution in [0.2, 0.25) is 0 Å². The maximum atomic E-state index is 12.2. The molecule has 0 aliphatic heterocycles. The van der Waals surface area contributed by atoms with E-state index in [9.17, 15) is 18.0 Å². The van der Waals surface area contributed by atoms with Crippen molar-refractivity contribution in [3.63, 3.8) is 0 Å². The molecule has 0 aliphatic carbocycles. The number of amides is 1. The van der Waals surface area contributed by atoms with Gasteiger partial charge in [0.05, 0.1) is 6.04 Å². The molecule has 1 rings (SSSR count). The summed E-state index contributed by atoms with van der Waals surface area (Å²) in [5.74, 6) is -0.289. The monoisotopic (exact) mass is 354 g/mol. The number of anilines is 1. The van der Waals surface area contributed by atoms with Gasteiger partial charge in [0.2, 0.25) is 5.91 Å². The average Bonchev–Trinajstić information content (AvgIpc) is 2.45. The fourth-order valence-electron chi connectivity index (χ4n) is 1.79. The van der Waals surface area contributed by atoms with Crippen LogP contribution in [0.4, 0.5) is 18.9 Å². The molecular weight excluding hydrogens is 333 g/mol. The van der Waals surface area contributed by atoms with Crippen molar-refractivity contribution in [2.24, 2.45) is 11.7 Å². The van der Waals surface area contributed by atoms with Gasteiger partial charge in [-0.05, 0) is 25.0 Å². The van der Waals surface area contributed by atoms with E-state index in [1.807, 2.05) is 13.8 Å². The van der Waals surface area contributed by atoms with E-state index in [1.165, 1.54) is 12.1 Å². The average molecular weight is 355 g/mol. The van der Waals surface area contributed by atoms with Gasteiger partial charge in [0.25, 0.3) is 0 Å². The molecule has 1 aromatic rings. The SMILES string of the molecule is CCC(C)C(N)C(=O)Nc1cccc(OCC(F)(F)F)c1C.Cl. The second-order valence-electron chi connectivity index (χ2n) is 5.23. The van der Waals surface area contributed by atoms with Gasteiger partial charge in [0.1, 0.15) is 5.75 Å². The highest BCUT2D eigenvalue weighted by Crippen LogP contribution is 2.27. The quantitative estimate of drug-likeness (QED) is 0.819. The Morgan fingerprint density at radius 3 is 2.52 bits per heavy atom.